The highest BCUT2D eigenvalue weighted by atomic mass is 16.5. The number of methoxy groups -OCH3 is 1. The molecule has 0 aromatic carbocycles. The minimum Gasteiger partial charge on any atom is -0.481 e. The molecule has 0 aromatic heterocycles. The van der Waals surface area contributed by atoms with Crippen molar-refractivity contribution in [3.63, 3.8) is 0 Å². The van der Waals surface area contributed by atoms with E-state index in [2.05, 4.69) is 17.9 Å². The van der Waals surface area contributed by atoms with Gasteiger partial charge < -0.3 is 14.6 Å². The summed E-state index contributed by atoms with van der Waals surface area (Å²) >= 11 is 0. The Balaban J connectivity index is -0.000000315. The lowest BCUT2D eigenvalue weighted by molar-refractivity contribution is -0.191. The van der Waals surface area contributed by atoms with Crippen LogP contribution in [0.2, 0.25) is 0 Å². The fourth-order valence-electron chi connectivity index (χ4n) is 1.84. The number of ether oxygens (including phenoxy) is 2. The van der Waals surface area contributed by atoms with E-state index in [0.717, 1.165) is 32.1 Å². The smallest absolute Gasteiger partial charge is 0.373 e. The van der Waals surface area contributed by atoms with E-state index in [9.17, 15) is 14.4 Å². The molecule has 0 spiro atoms. The molecule has 0 radical (unpaired) electrons. The Bertz CT molecular complexity index is 524. The molecule has 0 aliphatic heterocycles. The van der Waals surface area contributed by atoms with E-state index in [1.54, 1.807) is 13.8 Å². The molecule has 0 aromatic rings. The molecular weight excluding hydrogens is 368 g/mol. The van der Waals surface area contributed by atoms with Crippen molar-refractivity contribution in [3.8, 4) is 0 Å². The third kappa shape index (κ3) is 21.3. The van der Waals surface area contributed by atoms with Gasteiger partial charge in [-0.25, -0.2) is 9.59 Å². The first-order valence-electron chi connectivity index (χ1n) is 8.87. The van der Waals surface area contributed by atoms with E-state index in [-0.39, 0.29) is 24.0 Å². The topological polar surface area (TPSA) is 124 Å². The number of carbonyl (C=O) groups excluding carboxylic acids is 4. The van der Waals surface area contributed by atoms with Crippen LogP contribution in [0.15, 0.2) is 24.3 Å². The Morgan fingerprint density at radius 1 is 1.00 bits per heavy atom. The van der Waals surface area contributed by atoms with Crippen LogP contribution in [0.25, 0.3) is 0 Å². The molecule has 0 bridgehead atoms. The van der Waals surface area contributed by atoms with E-state index >= 15 is 0 Å². The molecule has 0 saturated heterocycles. The fraction of sp³-hybridized carbons (Fsp3) is 0.600. The minimum absolute atomic E-state index is 0.0289. The Hall–Kier alpha value is -2.73. The van der Waals surface area contributed by atoms with Gasteiger partial charge in [-0.15, -0.1) is 0 Å². The van der Waals surface area contributed by atoms with Crippen molar-refractivity contribution in [2.75, 3.05) is 13.7 Å². The van der Waals surface area contributed by atoms with Crippen molar-refractivity contribution in [1.29, 1.82) is 0 Å². The van der Waals surface area contributed by atoms with Gasteiger partial charge in [-0.05, 0) is 33.1 Å². The van der Waals surface area contributed by atoms with Crippen LogP contribution in [-0.4, -0.2) is 42.9 Å². The molecule has 8 nitrogen and oxygen atoms in total. The Morgan fingerprint density at radius 2 is 1.43 bits per heavy atom. The van der Waals surface area contributed by atoms with Crippen molar-refractivity contribution in [2.45, 2.75) is 59.3 Å². The van der Waals surface area contributed by atoms with Gasteiger partial charge in [-0.1, -0.05) is 39.3 Å². The van der Waals surface area contributed by atoms with Gasteiger partial charge >= 0.3 is 24.1 Å². The normalized spacial score (nSPS) is 12.0. The molecule has 0 heterocycles. The van der Waals surface area contributed by atoms with E-state index in [0.29, 0.717) is 17.8 Å². The van der Waals surface area contributed by atoms with Crippen LogP contribution in [0.1, 0.15) is 59.3 Å². The largest absolute Gasteiger partial charge is 0.481 e. The number of carboxylic acids is 1. The molecule has 0 amide bonds. The van der Waals surface area contributed by atoms with Gasteiger partial charge in [-0.3, -0.25) is 4.79 Å². The van der Waals surface area contributed by atoms with Gasteiger partial charge in [0.25, 0.3) is 0 Å². The van der Waals surface area contributed by atoms with Crippen LogP contribution >= 0.6 is 0 Å². The average molecular weight is 400 g/mol. The van der Waals surface area contributed by atoms with E-state index in [1.165, 1.54) is 13.5 Å². The second-order valence-corrected chi connectivity index (χ2v) is 5.94. The SMILES string of the molecule is C=C(C)C(=O)OC.C=C(C)C(=O)OCCC.O=C(O)C1CCCCC1.O=C=O. The molecule has 1 aliphatic carbocycles. The third-order valence-electron chi connectivity index (χ3n) is 3.27. The number of hydrogen-bond acceptors (Lipinski definition) is 7. The predicted octanol–water partition coefficient (Wildman–Crippen LogP) is 3.32. The summed E-state index contributed by atoms with van der Waals surface area (Å²) in [7, 11) is 1.33. The third-order valence-corrected chi connectivity index (χ3v) is 3.27. The number of esters is 2. The van der Waals surface area contributed by atoms with Gasteiger partial charge in [0.2, 0.25) is 0 Å². The molecule has 1 fully saturated rings. The first kappa shape index (κ1) is 30.0. The van der Waals surface area contributed by atoms with Crippen LogP contribution in [0, 0.1) is 5.92 Å². The Kier molecular flexibility index (Phi) is 22.1. The molecule has 0 atom stereocenters. The zero-order valence-corrected chi connectivity index (χ0v) is 17.2. The minimum atomic E-state index is -0.602. The van der Waals surface area contributed by atoms with E-state index in [1.807, 2.05) is 6.92 Å². The summed E-state index contributed by atoms with van der Waals surface area (Å²) in [6.45, 7) is 12.5. The maximum absolute atomic E-state index is 10.6. The maximum atomic E-state index is 10.6. The zero-order valence-electron chi connectivity index (χ0n) is 17.2. The van der Waals surface area contributed by atoms with Gasteiger partial charge in [0.15, 0.2) is 0 Å². The van der Waals surface area contributed by atoms with Crippen molar-refractivity contribution < 1.29 is 38.6 Å². The summed E-state index contributed by atoms with van der Waals surface area (Å²) in [5, 5.41) is 8.54. The molecule has 28 heavy (non-hydrogen) atoms. The summed E-state index contributed by atoms with van der Waals surface area (Å²) in [4.78, 5) is 47.4. The lowest BCUT2D eigenvalue weighted by atomic mass is 9.90. The van der Waals surface area contributed by atoms with Gasteiger partial charge in [-0.2, -0.15) is 9.59 Å². The van der Waals surface area contributed by atoms with Crippen LogP contribution < -0.4 is 0 Å². The van der Waals surface area contributed by atoms with E-state index < -0.39 is 5.97 Å². The summed E-state index contributed by atoms with van der Waals surface area (Å²) in [5.41, 5.74) is 0.894. The Morgan fingerprint density at radius 3 is 1.64 bits per heavy atom. The highest BCUT2D eigenvalue weighted by Gasteiger charge is 2.19. The van der Waals surface area contributed by atoms with Gasteiger partial charge in [0.05, 0.1) is 19.6 Å². The molecule has 160 valence electrons. The number of carboxylic acid groups (broad SMARTS) is 1. The van der Waals surface area contributed by atoms with Gasteiger partial charge in [0, 0.05) is 11.1 Å². The van der Waals surface area contributed by atoms with Crippen molar-refractivity contribution >= 4 is 24.1 Å². The molecular formula is C20H32O8. The summed E-state index contributed by atoms with van der Waals surface area (Å²) in [6, 6.07) is 0. The monoisotopic (exact) mass is 400 g/mol. The molecule has 1 rings (SSSR count). The number of hydrogen-bond donors (Lipinski definition) is 1. The lowest BCUT2D eigenvalue weighted by Crippen LogP contribution is -2.16. The molecule has 1 aliphatic rings. The molecule has 1 saturated carbocycles. The second kappa shape index (κ2) is 20.6. The first-order chi connectivity index (χ1) is 13.1. The van der Waals surface area contributed by atoms with Gasteiger partial charge in [0.1, 0.15) is 0 Å². The quantitative estimate of drug-likeness (QED) is 0.550. The number of carbonyl (C=O) groups is 3. The fourth-order valence-corrected chi connectivity index (χ4v) is 1.84. The Labute approximate surface area is 166 Å². The highest BCUT2D eigenvalue weighted by molar-refractivity contribution is 5.87. The lowest BCUT2D eigenvalue weighted by Gasteiger charge is -2.16. The molecule has 1 N–H and O–H groups in total. The summed E-state index contributed by atoms with van der Waals surface area (Å²) < 4.78 is 8.99. The number of aliphatic carboxylic acids is 1. The van der Waals surface area contributed by atoms with Crippen molar-refractivity contribution in [3.05, 3.63) is 24.3 Å². The van der Waals surface area contributed by atoms with Crippen LogP contribution in [-0.2, 0) is 33.4 Å². The van der Waals surface area contributed by atoms with Crippen molar-refractivity contribution in [2.24, 2.45) is 5.92 Å². The van der Waals surface area contributed by atoms with Crippen LogP contribution in [0.5, 0.6) is 0 Å². The number of rotatable bonds is 5. The van der Waals surface area contributed by atoms with Crippen LogP contribution in [0.4, 0.5) is 0 Å². The van der Waals surface area contributed by atoms with Crippen LogP contribution in [0.3, 0.4) is 0 Å². The highest BCUT2D eigenvalue weighted by Crippen LogP contribution is 2.23. The average Bonchev–Trinajstić information content (AvgIpc) is 2.67. The maximum Gasteiger partial charge on any atom is 0.373 e. The van der Waals surface area contributed by atoms with Crippen molar-refractivity contribution in [1.82, 2.24) is 0 Å². The summed E-state index contributed by atoms with van der Waals surface area (Å²) in [5.74, 6) is -1.27. The second-order valence-electron chi connectivity index (χ2n) is 5.94. The molecule has 0 unspecified atom stereocenters. The molecule has 8 heteroatoms. The van der Waals surface area contributed by atoms with E-state index in [4.69, 9.17) is 19.4 Å². The first-order valence-corrected chi connectivity index (χ1v) is 8.87. The zero-order chi connectivity index (χ0) is 22.5. The standard InChI is InChI=1S/2C7H12O2.C5H8O2.CO2/c8-7(9)6-4-2-1-3-5-6;1-4-5-9-7(8)6(2)3;1-4(2)5(6)7-3;2-1-3/h6H,1-5H2,(H,8,9);2,4-5H2,1,3H3;1H2,2-3H3;. The predicted molar refractivity (Wildman–Crippen MR) is 102 cm³/mol. The summed E-state index contributed by atoms with van der Waals surface area (Å²) in [6.07, 6.45) is 6.35.